The van der Waals surface area contributed by atoms with Gasteiger partial charge in [0.15, 0.2) is 0 Å². The Morgan fingerprint density at radius 3 is 2.71 bits per heavy atom. The number of aromatic nitrogens is 2. The molecule has 0 fully saturated rings. The Labute approximate surface area is 117 Å². The van der Waals surface area contributed by atoms with Crippen LogP contribution in [-0.2, 0) is 20.0 Å². The summed E-state index contributed by atoms with van der Waals surface area (Å²) in [6, 6.07) is 0. The van der Waals surface area contributed by atoms with Crippen LogP contribution in [0.4, 0.5) is 0 Å². The zero-order valence-electron chi connectivity index (χ0n) is 10.8. The van der Waals surface area contributed by atoms with Crippen molar-refractivity contribution in [1.29, 1.82) is 0 Å². The first-order valence-electron chi connectivity index (χ1n) is 6.15. The maximum atomic E-state index is 6.27. The molecule has 0 aromatic carbocycles. The summed E-state index contributed by atoms with van der Waals surface area (Å²) in [7, 11) is 1.95. The van der Waals surface area contributed by atoms with Gasteiger partial charge in [-0.25, -0.2) is 0 Å². The molecule has 1 heterocycles. The summed E-state index contributed by atoms with van der Waals surface area (Å²) in [4.78, 5) is 0.600. The molecular weight excluding hydrogens is 302 g/mol. The molecule has 0 saturated heterocycles. The number of nitrogens with zero attached hydrogens (tertiary/aromatic N) is 2. The van der Waals surface area contributed by atoms with Gasteiger partial charge < -0.3 is 5.32 Å². The molecule has 1 atom stereocenters. The zero-order valence-corrected chi connectivity index (χ0v) is 13.1. The Balaban J connectivity index is 2.44. The van der Waals surface area contributed by atoms with Gasteiger partial charge in [0.1, 0.15) is 0 Å². The van der Waals surface area contributed by atoms with Gasteiger partial charge in [0.25, 0.3) is 0 Å². The fraction of sp³-hybridized carbons (Fsp3) is 0.750. The molecule has 1 aromatic heterocycles. The van der Waals surface area contributed by atoms with Crippen molar-refractivity contribution in [2.75, 3.05) is 6.54 Å². The number of aryl methyl sites for hydroxylation is 2. The molecule has 5 heteroatoms. The van der Waals surface area contributed by atoms with E-state index in [1.807, 2.05) is 11.7 Å². The average Bonchev–Trinajstić information content (AvgIpc) is 2.60. The molecule has 17 heavy (non-hydrogen) atoms. The summed E-state index contributed by atoms with van der Waals surface area (Å²) in [5.74, 6) is 0. The number of rotatable bonds is 7. The highest BCUT2D eigenvalue weighted by Gasteiger charge is 2.12. The fourth-order valence-corrected chi connectivity index (χ4v) is 2.27. The molecule has 98 valence electrons. The van der Waals surface area contributed by atoms with Crippen LogP contribution < -0.4 is 5.32 Å². The van der Waals surface area contributed by atoms with Crippen LogP contribution in [0.25, 0.3) is 0 Å². The first-order valence-corrected chi connectivity index (χ1v) is 7.44. The third-order valence-electron chi connectivity index (χ3n) is 2.87. The van der Waals surface area contributed by atoms with Crippen molar-refractivity contribution in [2.24, 2.45) is 7.05 Å². The van der Waals surface area contributed by atoms with E-state index in [0.717, 1.165) is 48.8 Å². The molecule has 0 amide bonds. The van der Waals surface area contributed by atoms with Gasteiger partial charge in [0.05, 0.1) is 16.4 Å². The minimum Gasteiger partial charge on any atom is -0.311 e. The molecule has 0 aliphatic carbocycles. The van der Waals surface area contributed by atoms with Crippen molar-refractivity contribution in [2.45, 2.75) is 44.5 Å². The van der Waals surface area contributed by atoms with Crippen molar-refractivity contribution in [1.82, 2.24) is 15.1 Å². The maximum Gasteiger partial charge on any atom is 0.0863 e. The standard InChI is InChI=1S/C12H21BrClN3/c1-4-9(13)6-7-15-8-11-12(14)10(5-2)16-17(11)3/h9,15H,4-8H2,1-3H3. The summed E-state index contributed by atoms with van der Waals surface area (Å²) in [6.07, 6.45) is 3.17. The third kappa shape index (κ3) is 4.27. The molecule has 1 unspecified atom stereocenters. The monoisotopic (exact) mass is 321 g/mol. The summed E-state index contributed by atoms with van der Waals surface area (Å²) in [5.41, 5.74) is 2.06. The minimum atomic E-state index is 0.600. The quantitative estimate of drug-likeness (QED) is 0.616. The highest BCUT2D eigenvalue weighted by molar-refractivity contribution is 9.09. The van der Waals surface area contributed by atoms with Gasteiger partial charge in [-0.2, -0.15) is 5.10 Å². The van der Waals surface area contributed by atoms with Crippen LogP contribution in [0.2, 0.25) is 5.02 Å². The van der Waals surface area contributed by atoms with Gasteiger partial charge in [-0.1, -0.05) is 41.4 Å². The smallest absolute Gasteiger partial charge is 0.0863 e. The topological polar surface area (TPSA) is 29.9 Å². The van der Waals surface area contributed by atoms with E-state index in [1.54, 1.807) is 0 Å². The first kappa shape index (κ1) is 15.0. The summed E-state index contributed by atoms with van der Waals surface area (Å²) < 4.78 is 1.87. The highest BCUT2D eigenvalue weighted by Crippen LogP contribution is 2.20. The molecule has 1 N–H and O–H groups in total. The number of hydrogen-bond acceptors (Lipinski definition) is 2. The summed E-state index contributed by atoms with van der Waals surface area (Å²) >= 11 is 9.89. The Kier molecular flexibility index (Phi) is 6.52. The van der Waals surface area contributed by atoms with Crippen molar-refractivity contribution in [3.8, 4) is 0 Å². The van der Waals surface area contributed by atoms with Crippen LogP contribution in [0, 0.1) is 0 Å². The van der Waals surface area contributed by atoms with E-state index in [4.69, 9.17) is 11.6 Å². The lowest BCUT2D eigenvalue weighted by Crippen LogP contribution is -2.19. The predicted octanol–water partition coefficient (Wildman–Crippen LogP) is 3.29. The lowest BCUT2D eigenvalue weighted by Gasteiger charge is -2.08. The lowest BCUT2D eigenvalue weighted by atomic mass is 10.2. The zero-order chi connectivity index (χ0) is 12.8. The second-order valence-electron chi connectivity index (χ2n) is 4.16. The Morgan fingerprint density at radius 2 is 2.18 bits per heavy atom. The normalized spacial score (nSPS) is 13.0. The van der Waals surface area contributed by atoms with E-state index in [0.29, 0.717) is 4.83 Å². The molecule has 1 aromatic rings. The van der Waals surface area contributed by atoms with Gasteiger partial charge in [0, 0.05) is 18.4 Å². The minimum absolute atomic E-state index is 0.600. The van der Waals surface area contributed by atoms with Gasteiger partial charge >= 0.3 is 0 Å². The van der Waals surface area contributed by atoms with Crippen molar-refractivity contribution >= 4 is 27.5 Å². The maximum absolute atomic E-state index is 6.27. The predicted molar refractivity (Wildman–Crippen MR) is 76.9 cm³/mol. The Hall–Kier alpha value is -0.0600. The van der Waals surface area contributed by atoms with Crippen LogP contribution in [0.1, 0.15) is 38.1 Å². The van der Waals surface area contributed by atoms with E-state index in [9.17, 15) is 0 Å². The van der Waals surface area contributed by atoms with E-state index < -0.39 is 0 Å². The Bertz CT molecular complexity index is 352. The van der Waals surface area contributed by atoms with E-state index >= 15 is 0 Å². The highest BCUT2D eigenvalue weighted by atomic mass is 79.9. The molecule has 3 nitrogen and oxygen atoms in total. The second-order valence-corrected chi connectivity index (χ2v) is 5.83. The molecule has 0 spiro atoms. The summed E-state index contributed by atoms with van der Waals surface area (Å²) in [5, 5.41) is 8.62. The lowest BCUT2D eigenvalue weighted by molar-refractivity contribution is 0.596. The second kappa shape index (κ2) is 7.39. The van der Waals surface area contributed by atoms with Gasteiger partial charge in [-0.3, -0.25) is 4.68 Å². The van der Waals surface area contributed by atoms with Crippen molar-refractivity contribution in [3.63, 3.8) is 0 Å². The van der Waals surface area contributed by atoms with E-state index in [1.165, 1.54) is 0 Å². The SMILES string of the molecule is CCc1nn(C)c(CNCCC(Br)CC)c1Cl. The van der Waals surface area contributed by atoms with Crippen LogP contribution >= 0.6 is 27.5 Å². The van der Waals surface area contributed by atoms with Gasteiger partial charge in [0.2, 0.25) is 0 Å². The molecule has 0 aliphatic rings. The van der Waals surface area contributed by atoms with Crippen LogP contribution in [0.3, 0.4) is 0 Å². The largest absolute Gasteiger partial charge is 0.311 e. The molecule has 0 bridgehead atoms. The number of nitrogens with one attached hydrogen (secondary N) is 1. The molecule has 0 radical (unpaired) electrons. The summed E-state index contributed by atoms with van der Waals surface area (Å²) in [6.45, 7) is 6.03. The van der Waals surface area contributed by atoms with E-state index in [-0.39, 0.29) is 0 Å². The van der Waals surface area contributed by atoms with Crippen molar-refractivity contribution in [3.05, 3.63) is 16.4 Å². The first-order chi connectivity index (χ1) is 8.10. The van der Waals surface area contributed by atoms with Crippen LogP contribution in [0.15, 0.2) is 0 Å². The van der Waals surface area contributed by atoms with Gasteiger partial charge in [-0.15, -0.1) is 0 Å². The molecular formula is C12H21BrClN3. The van der Waals surface area contributed by atoms with E-state index in [2.05, 4.69) is 40.2 Å². The Morgan fingerprint density at radius 1 is 1.47 bits per heavy atom. The number of hydrogen-bond donors (Lipinski definition) is 1. The van der Waals surface area contributed by atoms with Gasteiger partial charge in [-0.05, 0) is 25.8 Å². The molecule has 0 aliphatic heterocycles. The fourth-order valence-electron chi connectivity index (χ4n) is 1.68. The van der Waals surface area contributed by atoms with Crippen LogP contribution in [-0.4, -0.2) is 21.2 Å². The van der Waals surface area contributed by atoms with Crippen molar-refractivity contribution < 1.29 is 0 Å². The van der Waals surface area contributed by atoms with Crippen LogP contribution in [0.5, 0.6) is 0 Å². The average molecular weight is 323 g/mol. The number of halogens is 2. The molecule has 0 saturated carbocycles. The third-order valence-corrected chi connectivity index (χ3v) is 4.41. The molecule has 1 rings (SSSR count). The number of alkyl halides is 1.